The van der Waals surface area contributed by atoms with Gasteiger partial charge in [0.1, 0.15) is 0 Å². The van der Waals surface area contributed by atoms with Gasteiger partial charge in [0.05, 0.1) is 12.1 Å². The molecule has 0 aliphatic rings. The molecule has 5 heteroatoms. The summed E-state index contributed by atoms with van der Waals surface area (Å²) >= 11 is 0. The van der Waals surface area contributed by atoms with Gasteiger partial charge < -0.3 is 10.2 Å². The zero-order valence-corrected chi connectivity index (χ0v) is 17.0. The monoisotopic (exact) mass is 356 g/mol. The second-order valence-electron chi connectivity index (χ2n) is 7.17. The molecule has 0 aliphatic heterocycles. The molecule has 0 saturated heterocycles. The van der Waals surface area contributed by atoms with Crippen molar-refractivity contribution in [3.63, 3.8) is 0 Å². The number of nitrogens with one attached hydrogen (secondary N) is 1. The third kappa shape index (κ3) is 4.87. The van der Waals surface area contributed by atoms with Gasteiger partial charge in [-0.1, -0.05) is 13.8 Å². The number of rotatable bonds is 8. The van der Waals surface area contributed by atoms with E-state index in [1.807, 2.05) is 30.7 Å². The van der Waals surface area contributed by atoms with Gasteiger partial charge in [0.15, 0.2) is 0 Å². The number of aromatic nitrogens is 2. The van der Waals surface area contributed by atoms with Crippen molar-refractivity contribution in [1.82, 2.24) is 9.78 Å². The van der Waals surface area contributed by atoms with Crippen LogP contribution in [0, 0.1) is 19.8 Å². The van der Waals surface area contributed by atoms with E-state index < -0.39 is 0 Å². The van der Waals surface area contributed by atoms with Crippen LogP contribution in [-0.4, -0.2) is 28.8 Å². The number of aryl methyl sites for hydroxylation is 1. The molecule has 142 valence electrons. The van der Waals surface area contributed by atoms with Crippen LogP contribution in [0.25, 0.3) is 0 Å². The van der Waals surface area contributed by atoms with Crippen LogP contribution < -0.4 is 10.2 Å². The van der Waals surface area contributed by atoms with Crippen LogP contribution in [0.1, 0.15) is 44.6 Å². The predicted octanol–water partition coefficient (Wildman–Crippen LogP) is 4.18. The van der Waals surface area contributed by atoms with E-state index in [0.717, 1.165) is 42.3 Å². The molecule has 1 N–H and O–H groups in total. The minimum atomic E-state index is -0.00381. The van der Waals surface area contributed by atoms with E-state index in [1.54, 1.807) is 0 Å². The molecule has 0 aliphatic carbocycles. The smallest absolute Gasteiger partial charge is 0.228 e. The number of anilines is 2. The van der Waals surface area contributed by atoms with Crippen LogP contribution >= 0.6 is 0 Å². The maximum atomic E-state index is 12.5. The van der Waals surface area contributed by atoms with E-state index in [1.165, 1.54) is 5.69 Å². The molecule has 0 atom stereocenters. The summed E-state index contributed by atoms with van der Waals surface area (Å²) in [5, 5.41) is 7.59. The highest BCUT2D eigenvalue weighted by atomic mass is 16.1. The summed E-state index contributed by atoms with van der Waals surface area (Å²) in [5.41, 5.74) is 5.06. The molecule has 0 fully saturated rings. The standard InChI is InChI=1S/C21H32N4O/c1-7-24(8-2)19-11-9-18(10-12-19)22-21(26)13-20-16(5)23-25(17(20)6)14-15(3)4/h9-12,15H,7-8,13-14H2,1-6H3,(H,22,26). The Bertz CT molecular complexity index is 727. The molecule has 2 rings (SSSR count). The zero-order chi connectivity index (χ0) is 19.3. The zero-order valence-electron chi connectivity index (χ0n) is 17.0. The van der Waals surface area contributed by atoms with Crippen LogP contribution in [0.3, 0.4) is 0 Å². The summed E-state index contributed by atoms with van der Waals surface area (Å²) in [5.74, 6) is 0.523. The molecule has 1 amide bonds. The average molecular weight is 357 g/mol. The molecule has 0 saturated carbocycles. The van der Waals surface area contributed by atoms with E-state index in [2.05, 4.69) is 55.1 Å². The topological polar surface area (TPSA) is 50.2 Å². The van der Waals surface area contributed by atoms with E-state index >= 15 is 0 Å². The third-order valence-electron chi connectivity index (χ3n) is 4.69. The minimum absolute atomic E-state index is 0.00381. The summed E-state index contributed by atoms with van der Waals surface area (Å²) < 4.78 is 2.02. The first-order chi connectivity index (χ1) is 12.3. The Morgan fingerprint density at radius 1 is 1.15 bits per heavy atom. The molecule has 0 spiro atoms. The fourth-order valence-electron chi connectivity index (χ4n) is 3.22. The molecule has 0 radical (unpaired) electrons. The molecule has 1 aromatic carbocycles. The summed E-state index contributed by atoms with van der Waals surface area (Å²) in [7, 11) is 0. The molecule has 1 heterocycles. The van der Waals surface area contributed by atoms with Gasteiger partial charge in [0.25, 0.3) is 0 Å². The lowest BCUT2D eigenvalue weighted by Crippen LogP contribution is -2.21. The average Bonchev–Trinajstić information content (AvgIpc) is 2.84. The van der Waals surface area contributed by atoms with E-state index in [4.69, 9.17) is 0 Å². The van der Waals surface area contributed by atoms with Gasteiger partial charge in [-0.05, 0) is 57.9 Å². The van der Waals surface area contributed by atoms with Crippen molar-refractivity contribution in [2.24, 2.45) is 5.92 Å². The van der Waals surface area contributed by atoms with Crippen molar-refractivity contribution in [3.8, 4) is 0 Å². The van der Waals surface area contributed by atoms with Gasteiger partial charge in [-0.2, -0.15) is 5.10 Å². The second-order valence-corrected chi connectivity index (χ2v) is 7.17. The molecule has 5 nitrogen and oxygen atoms in total. The van der Waals surface area contributed by atoms with Crippen LogP contribution in [0.15, 0.2) is 24.3 Å². The van der Waals surface area contributed by atoms with Gasteiger partial charge in [-0.3, -0.25) is 9.48 Å². The van der Waals surface area contributed by atoms with Gasteiger partial charge in [-0.25, -0.2) is 0 Å². The Morgan fingerprint density at radius 2 is 1.77 bits per heavy atom. The normalized spacial score (nSPS) is 11.0. The summed E-state index contributed by atoms with van der Waals surface area (Å²) in [4.78, 5) is 14.8. The van der Waals surface area contributed by atoms with Crippen molar-refractivity contribution in [3.05, 3.63) is 41.2 Å². The Kier molecular flexibility index (Phi) is 6.83. The highest BCUT2D eigenvalue weighted by Crippen LogP contribution is 2.19. The first-order valence-electron chi connectivity index (χ1n) is 9.53. The van der Waals surface area contributed by atoms with Crippen molar-refractivity contribution < 1.29 is 4.79 Å². The molecule has 1 aromatic heterocycles. The summed E-state index contributed by atoms with van der Waals surface area (Å²) in [6.07, 6.45) is 0.355. The lowest BCUT2D eigenvalue weighted by molar-refractivity contribution is -0.115. The quantitative estimate of drug-likeness (QED) is 0.772. The van der Waals surface area contributed by atoms with E-state index in [9.17, 15) is 4.79 Å². The van der Waals surface area contributed by atoms with Crippen LogP contribution in [0.5, 0.6) is 0 Å². The largest absolute Gasteiger partial charge is 0.372 e. The third-order valence-corrected chi connectivity index (χ3v) is 4.69. The highest BCUT2D eigenvalue weighted by molar-refractivity contribution is 5.92. The number of benzene rings is 1. The number of hydrogen-bond donors (Lipinski definition) is 1. The van der Waals surface area contributed by atoms with Crippen molar-refractivity contribution in [2.45, 2.75) is 54.5 Å². The lowest BCUT2D eigenvalue weighted by Gasteiger charge is -2.21. The van der Waals surface area contributed by atoms with Gasteiger partial charge in [-0.15, -0.1) is 0 Å². The summed E-state index contributed by atoms with van der Waals surface area (Å²) in [6.45, 7) is 15.5. The highest BCUT2D eigenvalue weighted by Gasteiger charge is 2.15. The number of carbonyl (C=O) groups is 1. The first kappa shape index (κ1) is 20.0. The Morgan fingerprint density at radius 3 is 2.31 bits per heavy atom. The Hall–Kier alpha value is -2.30. The molecule has 2 aromatic rings. The molecule has 0 bridgehead atoms. The molecule has 26 heavy (non-hydrogen) atoms. The SMILES string of the molecule is CCN(CC)c1ccc(NC(=O)Cc2c(C)nn(CC(C)C)c2C)cc1. The Labute approximate surface area is 157 Å². The van der Waals surface area contributed by atoms with Gasteiger partial charge >= 0.3 is 0 Å². The van der Waals surface area contributed by atoms with E-state index in [0.29, 0.717) is 12.3 Å². The maximum absolute atomic E-state index is 12.5. The van der Waals surface area contributed by atoms with Crippen molar-refractivity contribution >= 4 is 17.3 Å². The number of amides is 1. The Balaban J connectivity index is 2.04. The summed E-state index contributed by atoms with van der Waals surface area (Å²) in [6, 6.07) is 8.04. The van der Waals surface area contributed by atoms with Crippen molar-refractivity contribution in [2.75, 3.05) is 23.3 Å². The predicted molar refractivity (Wildman–Crippen MR) is 109 cm³/mol. The number of carbonyl (C=O) groups excluding carboxylic acids is 1. The molecular weight excluding hydrogens is 324 g/mol. The minimum Gasteiger partial charge on any atom is -0.372 e. The van der Waals surface area contributed by atoms with Crippen LogP contribution in [0.2, 0.25) is 0 Å². The van der Waals surface area contributed by atoms with Gasteiger partial charge in [0.2, 0.25) is 5.91 Å². The van der Waals surface area contributed by atoms with Gasteiger partial charge in [0, 0.05) is 42.3 Å². The van der Waals surface area contributed by atoms with E-state index in [-0.39, 0.29) is 5.91 Å². The first-order valence-corrected chi connectivity index (χ1v) is 9.53. The maximum Gasteiger partial charge on any atom is 0.228 e. The van der Waals surface area contributed by atoms with Crippen LogP contribution in [0.4, 0.5) is 11.4 Å². The second kappa shape index (κ2) is 8.88. The molecule has 0 unspecified atom stereocenters. The lowest BCUT2D eigenvalue weighted by atomic mass is 10.1. The number of hydrogen-bond acceptors (Lipinski definition) is 3. The fourth-order valence-corrected chi connectivity index (χ4v) is 3.22. The molecular formula is C21H32N4O. The fraction of sp³-hybridized carbons (Fsp3) is 0.524. The van der Waals surface area contributed by atoms with Crippen LogP contribution in [-0.2, 0) is 17.8 Å². The van der Waals surface area contributed by atoms with Crippen molar-refractivity contribution in [1.29, 1.82) is 0 Å². The number of nitrogens with zero attached hydrogens (tertiary/aromatic N) is 3.